The Balaban J connectivity index is 1.75. The van der Waals surface area contributed by atoms with Gasteiger partial charge in [0.2, 0.25) is 0 Å². The second-order valence-electron chi connectivity index (χ2n) is 5.15. The highest BCUT2D eigenvalue weighted by Gasteiger charge is 2.27. The van der Waals surface area contributed by atoms with Gasteiger partial charge in [-0.1, -0.05) is 6.92 Å². The Morgan fingerprint density at radius 2 is 2.06 bits per heavy atom. The fourth-order valence-corrected chi connectivity index (χ4v) is 2.49. The fourth-order valence-electron chi connectivity index (χ4n) is 2.49. The van der Waals surface area contributed by atoms with E-state index in [1.807, 2.05) is 11.8 Å². The summed E-state index contributed by atoms with van der Waals surface area (Å²) in [7, 11) is 0. The number of nitrogens with one attached hydrogen (secondary N) is 1. The number of carbonyl (C=O) groups excluding carboxylic acids is 1. The molecule has 2 rings (SSSR count). The Morgan fingerprint density at radius 1 is 1.39 bits per heavy atom. The molecule has 0 aromatic rings. The minimum atomic E-state index is 0.00171. The molecule has 18 heavy (non-hydrogen) atoms. The average Bonchev–Trinajstić information content (AvgIpc) is 2.36. The maximum atomic E-state index is 11.9. The molecule has 5 nitrogen and oxygen atoms in total. The van der Waals surface area contributed by atoms with Crippen LogP contribution in [-0.4, -0.2) is 54.1 Å². The molecular formula is C13H22N4O. The number of nitrogens with zero attached hydrogens (tertiary/aromatic N) is 3. The molecule has 1 N–H and O–H groups in total. The van der Waals surface area contributed by atoms with Crippen LogP contribution in [0.2, 0.25) is 0 Å². The van der Waals surface area contributed by atoms with Crippen LogP contribution >= 0.6 is 0 Å². The van der Waals surface area contributed by atoms with E-state index in [0.29, 0.717) is 6.04 Å². The summed E-state index contributed by atoms with van der Waals surface area (Å²) in [6, 6.07) is 2.80. The lowest BCUT2D eigenvalue weighted by Crippen LogP contribution is -2.55. The summed E-state index contributed by atoms with van der Waals surface area (Å²) in [4.78, 5) is 16.0. The molecule has 0 aromatic heterocycles. The van der Waals surface area contributed by atoms with Crippen LogP contribution in [0.3, 0.4) is 0 Å². The lowest BCUT2D eigenvalue weighted by Gasteiger charge is -2.38. The normalized spacial score (nSPS) is 23.0. The first-order valence-electron chi connectivity index (χ1n) is 6.93. The van der Waals surface area contributed by atoms with Crippen LogP contribution in [0.4, 0.5) is 4.79 Å². The lowest BCUT2D eigenvalue weighted by atomic mass is 9.93. The number of hydrogen-bond donors (Lipinski definition) is 1. The molecule has 100 valence electrons. The zero-order chi connectivity index (χ0) is 13.0. The number of hydrogen-bond acceptors (Lipinski definition) is 3. The van der Waals surface area contributed by atoms with Gasteiger partial charge >= 0.3 is 6.03 Å². The van der Waals surface area contributed by atoms with Gasteiger partial charge in [0.15, 0.2) is 0 Å². The molecule has 1 aliphatic heterocycles. The summed E-state index contributed by atoms with van der Waals surface area (Å²) in [5, 5.41) is 12.1. The fraction of sp³-hybridized carbons (Fsp3) is 0.846. The smallest absolute Gasteiger partial charge is 0.317 e. The van der Waals surface area contributed by atoms with Gasteiger partial charge in [-0.3, -0.25) is 4.90 Å². The van der Waals surface area contributed by atoms with Crippen molar-refractivity contribution in [2.75, 3.05) is 26.2 Å². The molecule has 1 saturated heterocycles. The monoisotopic (exact) mass is 250 g/mol. The average molecular weight is 250 g/mol. The molecule has 0 radical (unpaired) electrons. The van der Waals surface area contributed by atoms with E-state index in [2.05, 4.69) is 16.3 Å². The van der Waals surface area contributed by atoms with Crippen molar-refractivity contribution in [1.29, 1.82) is 5.26 Å². The van der Waals surface area contributed by atoms with Crippen LogP contribution in [0.5, 0.6) is 0 Å². The van der Waals surface area contributed by atoms with Gasteiger partial charge in [-0.15, -0.1) is 0 Å². The van der Waals surface area contributed by atoms with E-state index < -0.39 is 0 Å². The largest absolute Gasteiger partial charge is 0.335 e. The summed E-state index contributed by atoms with van der Waals surface area (Å²) in [6.45, 7) is 5.12. The number of piperazine rings is 1. The number of nitriles is 1. The first-order valence-corrected chi connectivity index (χ1v) is 6.93. The van der Waals surface area contributed by atoms with Crippen molar-refractivity contribution < 1.29 is 4.79 Å². The second-order valence-corrected chi connectivity index (χ2v) is 5.15. The van der Waals surface area contributed by atoms with Crippen molar-refractivity contribution in [2.45, 2.75) is 44.7 Å². The van der Waals surface area contributed by atoms with Crippen molar-refractivity contribution in [3.63, 3.8) is 0 Å². The van der Waals surface area contributed by atoms with Crippen molar-refractivity contribution >= 4 is 6.03 Å². The zero-order valence-electron chi connectivity index (χ0n) is 11.1. The summed E-state index contributed by atoms with van der Waals surface area (Å²) in [5.41, 5.74) is 0. The number of urea groups is 1. The van der Waals surface area contributed by atoms with E-state index in [-0.39, 0.29) is 12.1 Å². The molecule has 2 aliphatic rings. The van der Waals surface area contributed by atoms with Gasteiger partial charge in [-0.05, 0) is 25.7 Å². The zero-order valence-corrected chi connectivity index (χ0v) is 11.1. The van der Waals surface area contributed by atoms with E-state index in [1.54, 1.807) is 0 Å². The van der Waals surface area contributed by atoms with E-state index in [4.69, 9.17) is 5.26 Å². The van der Waals surface area contributed by atoms with E-state index in [1.165, 1.54) is 6.42 Å². The van der Waals surface area contributed by atoms with E-state index >= 15 is 0 Å². The molecule has 0 aromatic carbocycles. The lowest BCUT2D eigenvalue weighted by molar-refractivity contribution is 0.119. The molecule has 2 fully saturated rings. The highest BCUT2D eigenvalue weighted by Crippen LogP contribution is 2.18. The quantitative estimate of drug-likeness (QED) is 0.818. The van der Waals surface area contributed by atoms with Gasteiger partial charge in [-0.2, -0.15) is 5.26 Å². The maximum Gasteiger partial charge on any atom is 0.317 e. The minimum Gasteiger partial charge on any atom is -0.335 e. The Kier molecular flexibility index (Phi) is 4.43. The molecule has 2 amide bonds. The van der Waals surface area contributed by atoms with E-state index in [0.717, 1.165) is 45.4 Å². The van der Waals surface area contributed by atoms with Crippen LogP contribution < -0.4 is 5.32 Å². The van der Waals surface area contributed by atoms with Gasteiger partial charge < -0.3 is 10.2 Å². The molecule has 1 heterocycles. The van der Waals surface area contributed by atoms with Crippen LogP contribution in [0.1, 0.15) is 32.6 Å². The molecule has 1 unspecified atom stereocenters. The Morgan fingerprint density at radius 3 is 2.50 bits per heavy atom. The van der Waals surface area contributed by atoms with Crippen LogP contribution in [0.15, 0.2) is 0 Å². The Hall–Kier alpha value is -1.28. The summed E-state index contributed by atoms with van der Waals surface area (Å²) in [5.74, 6) is 0. The standard InChI is InChI=1S/C13H22N4O/c1-2-12(10-14)16-6-8-17(9-7-16)13(18)15-11-4-3-5-11/h11-12H,2-9H2,1H3,(H,15,18). The van der Waals surface area contributed by atoms with Gasteiger partial charge in [0, 0.05) is 32.2 Å². The summed E-state index contributed by atoms with van der Waals surface area (Å²) < 4.78 is 0. The molecule has 1 saturated carbocycles. The molecule has 0 spiro atoms. The predicted octanol–water partition coefficient (Wildman–Crippen LogP) is 1.17. The topological polar surface area (TPSA) is 59.4 Å². The summed E-state index contributed by atoms with van der Waals surface area (Å²) in [6.07, 6.45) is 4.33. The minimum absolute atomic E-state index is 0.00171. The third kappa shape index (κ3) is 2.94. The number of rotatable bonds is 3. The first-order chi connectivity index (χ1) is 8.74. The second kappa shape index (κ2) is 6.05. The third-order valence-corrected chi connectivity index (χ3v) is 4.01. The number of carbonyl (C=O) groups is 1. The van der Waals surface area contributed by atoms with Crippen molar-refractivity contribution in [3.05, 3.63) is 0 Å². The van der Waals surface area contributed by atoms with Crippen molar-refractivity contribution in [2.24, 2.45) is 0 Å². The molecule has 1 atom stereocenters. The highest BCUT2D eigenvalue weighted by molar-refractivity contribution is 5.74. The van der Waals surface area contributed by atoms with Gasteiger partial charge in [0.25, 0.3) is 0 Å². The third-order valence-electron chi connectivity index (χ3n) is 4.01. The highest BCUT2D eigenvalue weighted by atomic mass is 16.2. The molecular weight excluding hydrogens is 228 g/mol. The van der Waals surface area contributed by atoms with Crippen molar-refractivity contribution in [3.8, 4) is 6.07 Å². The predicted molar refractivity (Wildman–Crippen MR) is 69.0 cm³/mol. The van der Waals surface area contributed by atoms with E-state index in [9.17, 15) is 4.79 Å². The SMILES string of the molecule is CCC(C#N)N1CCN(C(=O)NC2CCC2)CC1. The van der Waals surface area contributed by atoms with Crippen LogP contribution in [0.25, 0.3) is 0 Å². The summed E-state index contributed by atoms with van der Waals surface area (Å²) >= 11 is 0. The van der Waals surface area contributed by atoms with Gasteiger partial charge in [0.1, 0.15) is 0 Å². The van der Waals surface area contributed by atoms with Gasteiger partial charge in [-0.25, -0.2) is 4.79 Å². The first kappa shape index (κ1) is 13.2. The Bertz CT molecular complexity index is 326. The number of amides is 2. The Labute approximate surface area is 109 Å². The molecule has 1 aliphatic carbocycles. The molecule has 5 heteroatoms. The van der Waals surface area contributed by atoms with Crippen LogP contribution in [-0.2, 0) is 0 Å². The maximum absolute atomic E-state index is 11.9. The molecule has 0 bridgehead atoms. The van der Waals surface area contributed by atoms with Gasteiger partial charge in [0.05, 0.1) is 12.1 Å². The van der Waals surface area contributed by atoms with Crippen molar-refractivity contribution in [1.82, 2.24) is 15.1 Å². The van der Waals surface area contributed by atoms with Crippen LogP contribution in [0, 0.1) is 11.3 Å².